The number of hydrogen-bond acceptors (Lipinski definition) is 5. The van der Waals surface area contributed by atoms with Crippen molar-refractivity contribution in [2.45, 2.75) is 46.4 Å². The van der Waals surface area contributed by atoms with Gasteiger partial charge in [-0.3, -0.25) is 14.4 Å². The number of carbonyl (C=O) groups excluding carboxylic acids is 2. The van der Waals surface area contributed by atoms with Gasteiger partial charge in [-0.2, -0.15) is 0 Å². The van der Waals surface area contributed by atoms with E-state index in [0.29, 0.717) is 18.6 Å². The molecule has 0 atom stereocenters. The highest BCUT2D eigenvalue weighted by molar-refractivity contribution is 7.16. The van der Waals surface area contributed by atoms with Crippen LogP contribution in [0.2, 0.25) is 0 Å². The molecule has 1 heterocycles. The highest BCUT2D eigenvalue weighted by Crippen LogP contribution is 2.33. The molecule has 0 saturated heterocycles. The lowest BCUT2D eigenvalue weighted by Crippen LogP contribution is -2.25. The standard InChI is InChI=1S/C21H21F4NO5S/c1-4-12-10-13(18(32-12)26-16(27)7-8-20(2,3)19(29)30)17(28)11-5-6-15(14(22)9-11)31-21(23,24)25/h5-6,9-10H,4,7-8H2,1-3H3,(H,26,27)(H,29,30). The summed E-state index contributed by atoms with van der Waals surface area (Å²) in [5.74, 6) is -4.67. The maximum Gasteiger partial charge on any atom is 0.573 e. The summed E-state index contributed by atoms with van der Waals surface area (Å²) in [6.07, 6.45) is -4.58. The summed E-state index contributed by atoms with van der Waals surface area (Å²) in [4.78, 5) is 37.1. The summed E-state index contributed by atoms with van der Waals surface area (Å²) < 4.78 is 54.5. The van der Waals surface area contributed by atoms with Gasteiger partial charge < -0.3 is 15.2 Å². The van der Waals surface area contributed by atoms with E-state index in [1.165, 1.54) is 19.9 Å². The number of aliphatic carboxylic acids is 1. The van der Waals surface area contributed by atoms with Crippen molar-refractivity contribution in [3.63, 3.8) is 0 Å². The first-order valence-electron chi connectivity index (χ1n) is 9.49. The Labute approximate surface area is 185 Å². The van der Waals surface area contributed by atoms with Gasteiger partial charge >= 0.3 is 12.3 Å². The fourth-order valence-electron chi connectivity index (χ4n) is 2.60. The zero-order valence-corrected chi connectivity index (χ0v) is 18.2. The van der Waals surface area contributed by atoms with Gasteiger partial charge in [0.05, 0.1) is 11.0 Å². The SMILES string of the molecule is CCc1cc(C(=O)c2ccc(OC(F)(F)F)c(F)c2)c(NC(=O)CCC(C)(C)C(=O)O)s1. The number of carboxylic acid groups (broad SMARTS) is 1. The van der Waals surface area contributed by atoms with Gasteiger partial charge in [-0.1, -0.05) is 6.92 Å². The van der Waals surface area contributed by atoms with Crippen LogP contribution in [0.5, 0.6) is 5.75 Å². The van der Waals surface area contributed by atoms with E-state index < -0.39 is 41.0 Å². The normalized spacial score (nSPS) is 11.8. The number of ether oxygens (including phenoxy) is 1. The molecule has 0 radical (unpaired) electrons. The summed E-state index contributed by atoms with van der Waals surface area (Å²) in [5.41, 5.74) is -1.28. The van der Waals surface area contributed by atoms with Crippen molar-refractivity contribution < 1.29 is 41.8 Å². The highest BCUT2D eigenvalue weighted by Gasteiger charge is 2.33. The first kappa shape index (κ1) is 25.3. The third-order valence-electron chi connectivity index (χ3n) is 4.60. The fourth-order valence-corrected chi connectivity index (χ4v) is 3.61. The van der Waals surface area contributed by atoms with Crippen LogP contribution in [0.4, 0.5) is 22.6 Å². The molecule has 1 amide bonds. The van der Waals surface area contributed by atoms with Gasteiger partial charge in [0.25, 0.3) is 0 Å². The Balaban J connectivity index is 2.24. The number of aryl methyl sites for hydroxylation is 1. The summed E-state index contributed by atoms with van der Waals surface area (Å²) >= 11 is 1.13. The van der Waals surface area contributed by atoms with E-state index >= 15 is 0 Å². The van der Waals surface area contributed by atoms with E-state index in [1.54, 1.807) is 0 Å². The Morgan fingerprint density at radius 2 is 1.81 bits per heavy atom. The minimum atomic E-state index is -5.08. The minimum absolute atomic E-state index is 0.0570. The molecule has 0 aliphatic rings. The number of thiophene rings is 1. The smallest absolute Gasteiger partial charge is 0.481 e. The molecule has 0 bridgehead atoms. The number of ketones is 1. The van der Waals surface area contributed by atoms with Gasteiger partial charge in [0.1, 0.15) is 5.00 Å². The zero-order valence-electron chi connectivity index (χ0n) is 17.4. The quantitative estimate of drug-likeness (QED) is 0.374. The van der Waals surface area contributed by atoms with Crippen molar-refractivity contribution in [3.8, 4) is 5.75 Å². The van der Waals surface area contributed by atoms with Crippen molar-refractivity contribution in [1.29, 1.82) is 0 Å². The van der Waals surface area contributed by atoms with Crippen LogP contribution in [0, 0.1) is 11.2 Å². The number of rotatable bonds is 9. The number of carbonyl (C=O) groups is 3. The lowest BCUT2D eigenvalue weighted by molar-refractivity contribution is -0.275. The van der Waals surface area contributed by atoms with Crippen LogP contribution < -0.4 is 10.1 Å². The maximum absolute atomic E-state index is 14.0. The van der Waals surface area contributed by atoms with Crippen molar-refractivity contribution in [3.05, 3.63) is 46.1 Å². The predicted molar refractivity (Wildman–Crippen MR) is 109 cm³/mol. The van der Waals surface area contributed by atoms with Crippen LogP contribution in [0.1, 0.15) is 54.4 Å². The van der Waals surface area contributed by atoms with E-state index in [0.717, 1.165) is 22.3 Å². The molecule has 1 aromatic heterocycles. The highest BCUT2D eigenvalue weighted by atomic mass is 32.1. The molecule has 32 heavy (non-hydrogen) atoms. The molecule has 174 valence electrons. The molecule has 0 aliphatic heterocycles. The molecule has 0 saturated carbocycles. The fraction of sp³-hybridized carbons (Fsp3) is 0.381. The van der Waals surface area contributed by atoms with Crippen molar-refractivity contribution in [1.82, 2.24) is 0 Å². The number of halogens is 4. The minimum Gasteiger partial charge on any atom is -0.481 e. The molecule has 2 aromatic rings. The summed E-state index contributed by atoms with van der Waals surface area (Å²) in [6, 6.07) is 3.85. The largest absolute Gasteiger partial charge is 0.573 e. The molecule has 6 nitrogen and oxygen atoms in total. The molecule has 0 spiro atoms. The van der Waals surface area contributed by atoms with Gasteiger partial charge in [0, 0.05) is 16.9 Å². The molecule has 2 rings (SSSR count). The van der Waals surface area contributed by atoms with Crippen molar-refractivity contribution in [2.75, 3.05) is 5.32 Å². The Kier molecular flexibility index (Phi) is 7.66. The third-order valence-corrected chi connectivity index (χ3v) is 5.80. The van der Waals surface area contributed by atoms with Crippen LogP contribution in [0.25, 0.3) is 0 Å². The Morgan fingerprint density at radius 1 is 1.16 bits per heavy atom. The molecule has 1 aromatic carbocycles. The number of nitrogens with one attached hydrogen (secondary N) is 1. The number of amides is 1. The number of carboxylic acids is 1. The number of hydrogen-bond donors (Lipinski definition) is 2. The Morgan fingerprint density at radius 3 is 2.34 bits per heavy atom. The molecule has 11 heteroatoms. The second kappa shape index (κ2) is 9.68. The van der Waals surface area contributed by atoms with Crippen LogP contribution in [0.3, 0.4) is 0 Å². The molecule has 0 unspecified atom stereocenters. The monoisotopic (exact) mass is 475 g/mol. The average molecular weight is 475 g/mol. The van der Waals surface area contributed by atoms with Crippen molar-refractivity contribution >= 4 is 34.0 Å². The molecular formula is C21H21F4NO5S. The molecule has 2 N–H and O–H groups in total. The van der Waals surface area contributed by atoms with Gasteiger partial charge in [-0.25, -0.2) is 4.39 Å². The van der Waals surface area contributed by atoms with E-state index in [9.17, 15) is 31.9 Å². The lowest BCUT2D eigenvalue weighted by atomic mass is 9.88. The Hall–Kier alpha value is -2.95. The first-order valence-corrected chi connectivity index (χ1v) is 10.3. The zero-order chi connectivity index (χ0) is 24.3. The number of alkyl halides is 3. The van der Waals surface area contributed by atoms with Crippen LogP contribution >= 0.6 is 11.3 Å². The topological polar surface area (TPSA) is 92.7 Å². The van der Waals surface area contributed by atoms with Crippen LogP contribution in [-0.4, -0.2) is 29.1 Å². The maximum atomic E-state index is 14.0. The summed E-state index contributed by atoms with van der Waals surface area (Å²) in [6.45, 7) is 4.79. The van der Waals surface area contributed by atoms with Crippen LogP contribution in [-0.2, 0) is 16.0 Å². The molecule has 0 fully saturated rings. The Bertz CT molecular complexity index is 1030. The first-order chi connectivity index (χ1) is 14.7. The van der Waals surface area contributed by atoms with Crippen LogP contribution in [0.15, 0.2) is 24.3 Å². The summed E-state index contributed by atoms with van der Waals surface area (Å²) in [5, 5.41) is 11.9. The van der Waals surface area contributed by atoms with E-state index in [-0.39, 0.29) is 29.0 Å². The predicted octanol–water partition coefficient (Wildman–Crippen LogP) is 5.41. The molecular weight excluding hydrogens is 454 g/mol. The lowest BCUT2D eigenvalue weighted by Gasteiger charge is -2.18. The van der Waals surface area contributed by atoms with Gasteiger partial charge in [0.15, 0.2) is 17.3 Å². The third kappa shape index (κ3) is 6.52. The van der Waals surface area contributed by atoms with Gasteiger partial charge in [-0.05, 0) is 51.0 Å². The van der Waals surface area contributed by atoms with E-state index in [2.05, 4.69) is 10.1 Å². The second-order valence-corrected chi connectivity index (χ2v) is 8.71. The van der Waals surface area contributed by atoms with E-state index in [4.69, 9.17) is 5.11 Å². The molecule has 0 aliphatic carbocycles. The van der Waals surface area contributed by atoms with Crippen molar-refractivity contribution in [2.24, 2.45) is 5.41 Å². The van der Waals surface area contributed by atoms with Gasteiger partial charge in [0.2, 0.25) is 5.91 Å². The van der Waals surface area contributed by atoms with E-state index in [1.807, 2.05) is 6.92 Å². The number of anilines is 1. The number of benzene rings is 1. The van der Waals surface area contributed by atoms with Gasteiger partial charge in [-0.15, -0.1) is 24.5 Å². The second-order valence-electron chi connectivity index (χ2n) is 7.57. The summed E-state index contributed by atoms with van der Waals surface area (Å²) in [7, 11) is 0. The average Bonchev–Trinajstić information content (AvgIpc) is 3.09.